The van der Waals surface area contributed by atoms with Crippen LogP contribution in [0.1, 0.15) is 50.2 Å². The summed E-state index contributed by atoms with van der Waals surface area (Å²) >= 11 is 0. The van der Waals surface area contributed by atoms with Crippen molar-refractivity contribution in [3.05, 3.63) is 47.8 Å². The van der Waals surface area contributed by atoms with Gasteiger partial charge < -0.3 is 18.8 Å². The SMILES string of the molecule is CCOC(=O)c1cc2ccccn2c1C1=CCN(C(=O)OC(C)(C)C)CC1. The smallest absolute Gasteiger partial charge is 0.410 e. The maximum absolute atomic E-state index is 12.5. The Morgan fingerprint density at radius 2 is 2.00 bits per heavy atom. The first-order chi connectivity index (χ1) is 12.8. The Morgan fingerprint density at radius 3 is 2.63 bits per heavy atom. The standard InChI is InChI=1S/C21H26N2O4/c1-5-26-19(24)17-14-16-8-6-7-11-23(16)18(17)15-9-12-22(13-10-15)20(25)27-21(2,3)4/h6-9,11,14H,5,10,12-13H2,1-4H3. The van der Waals surface area contributed by atoms with Gasteiger partial charge in [-0.15, -0.1) is 0 Å². The van der Waals surface area contributed by atoms with Crippen molar-refractivity contribution in [2.75, 3.05) is 19.7 Å². The lowest BCUT2D eigenvalue weighted by atomic mass is 10.0. The Kier molecular flexibility index (Phi) is 5.26. The van der Waals surface area contributed by atoms with E-state index >= 15 is 0 Å². The molecule has 3 rings (SSSR count). The van der Waals surface area contributed by atoms with Crippen LogP contribution in [0.4, 0.5) is 4.79 Å². The van der Waals surface area contributed by atoms with E-state index in [1.807, 2.05) is 61.7 Å². The molecule has 27 heavy (non-hydrogen) atoms. The first kappa shape index (κ1) is 19.0. The van der Waals surface area contributed by atoms with Gasteiger partial charge in [0.2, 0.25) is 0 Å². The number of ether oxygens (including phenoxy) is 2. The van der Waals surface area contributed by atoms with Gasteiger partial charge in [-0.3, -0.25) is 0 Å². The molecule has 1 amide bonds. The number of hydrogen-bond acceptors (Lipinski definition) is 4. The zero-order valence-electron chi connectivity index (χ0n) is 16.3. The zero-order chi connectivity index (χ0) is 19.6. The minimum Gasteiger partial charge on any atom is -0.462 e. The summed E-state index contributed by atoms with van der Waals surface area (Å²) in [5.41, 5.74) is 2.85. The van der Waals surface area contributed by atoms with Gasteiger partial charge in [-0.1, -0.05) is 12.1 Å². The van der Waals surface area contributed by atoms with Crippen LogP contribution in [0.3, 0.4) is 0 Å². The lowest BCUT2D eigenvalue weighted by molar-refractivity contribution is 0.0270. The molecule has 6 nitrogen and oxygen atoms in total. The summed E-state index contributed by atoms with van der Waals surface area (Å²) in [6.07, 6.45) is 4.26. The van der Waals surface area contributed by atoms with E-state index in [1.54, 1.807) is 11.8 Å². The molecule has 2 aromatic heterocycles. The number of carbonyl (C=O) groups excluding carboxylic acids is 2. The largest absolute Gasteiger partial charge is 0.462 e. The Labute approximate surface area is 159 Å². The van der Waals surface area contributed by atoms with E-state index in [1.165, 1.54) is 0 Å². The molecular formula is C21H26N2O4. The molecule has 0 spiro atoms. The molecule has 0 aromatic carbocycles. The van der Waals surface area contributed by atoms with E-state index < -0.39 is 5.60 Å². The van der Waals surface area contributed by atoms with Crippen LogP contribution in [0.5, 0.6) is 0 Å². The predicted molar refractivity (Wildman–Crippen MR) is 104 cm³/mol. The number of aromatic nitrogens is 1. The minimum absolute atomic E-state index is 0.316. The van der Waals surface area contributed by atoms with Crippen molar-refractivity contribution >= 4 is 23.2 Å². The van der Waals surface area contributed by atoms with Crippen molar-refractivity contribution in [2.24, 2.45) is 0 Å². The van der Waals surface area contributed by atoms with Crippen molar-refractivity contribution in [2.45, 2.75) is 39.7 Å². The van der Waals surface area contributed by atoms with Crippen molar-refractivity contribution in [1.82, 2.24) is 9.30 Å². The maximum atomic E-state index is 12.5. The first-order valence-electron chi connectivity index (χ1n) is 9.24. The molecule has 3 heterocycles. The third-order valence-corrected chi connectivity index (χ3v) is 4.34. The number of pyridine rings is 1. The molecule has 0 radical (unpaired) electrons. The third kappa shape index (κ3) is 4.15. The molecule has 0 aliphatic carbocycles. The lowest BCUT2D eigenvalue weighted by Gasteiger charge is -2.29. The second-order valence-electron chi connectivity index (χ2n) is 7.53. The fourth-order valence-electron chi connectivity index (χ4n) is 3.19. The molecule has 0 saturated carbocycles. The Hall–Kier alpha value is -2.76. The van der Waals surface area contributed by atoms with Gasteiger partial charge in [-0.25, -0.2) is 9.59 Å². The number of fused-ring (bicyclic) bond motifs is 1. The average molecular weight is 370 g/mol. The molecule has 1 aliphatic rings. The van der Waals surface area contributed by atoms with E-state index in [9.17, 15) is 9.59 Å². The highest BCUT2D eigenvalue weighted by Gasteiger charge is 2.27. The second-order valence-corrected chi connectivity index (χ2v) is 7.53. The van der Waals surface area contributed by atoms with Gasteiger partial charge in [-0.2, -0.15) is 0 Å². The summed E-state index contributed by atoms with van der Waals surface area (Å²) < 4.78 is 12.7. The fraction of sp³-hybridized carbons (Fsp3) is 0.429. The van der Waals surface area contributed by atoms with Crippen LogP contribution in [0.15, 0.2) is 36.5 Å². The molecule has 0 fully saturated rings. The molecule has 1 aliphatic heterocycles. The van der Waals surface area contributed by atoms with E-state index in [-0.39, 0.29) is 12.1 Å². The van der Waals surface area contributed by atoms with Gasteiger partial charge in [0.05, 0.1) is 17.9 Å². The predicted octanol–water partition coefficient (Wildman–Crippen LogP) is 4.14. The first-order valence-corrected chi connectivity index (χ1v) is 9.24. The van der Waals surface area contributed by atoms with Crippen LogP contribution in [-0.4, -0.2) is 46.7 Å². The van der Waals surface area contributed by atoms with Gasteiger partial charge >= 0.3 is 12.1 Å². The van der Waals surface area contributed by atoms with Crippen LogP contribution in [0, 0.1) is 0 Å². The van der Waals surface area contributed by atoms with Gasteiger partial charge in [0.1, 0.15) is 5.60 Å². The normalized spacial score (nSPS) is 14.8. The van der Waals surface area contributed by atoms with Gasteiger partial charge in [0, 0.05) is 24.8 Å². The number of rotatable bonds is 3. The highest BCUT2D eigenvalue weighted by Crippen LogP contribution is 2.29. The molecule has 0 unspecified atom stereocenters. The number of esters is 1. The molecule has 0 saturated heterocycles. The quantitative estimate of drug-likeness (QED) is 0.762. The monoisotopic (exact) mass is 370 g/mol. The van der Waals surface area contributed by atoms with Gasteiger partial charge in [-0.05, 0) is 57.9 Å². The van der Waals surface area contributed by atoms with E-state index in [2.05, 4.69) is 0 Å². The topological polar surface area (TPSA) is 60.2 Å². The summed E-state index contributed by atoms with van der Waals surface area (Å²) in [6.45, 7) is 8.69. The maximum Gasteiger partial charge on any atom is 0.410 e. The minimum atomic E-state index is -0.518. The summed E-state index contributed by atoms with van der Waals surface area (Å²) in [7, 11) is 0. The van der Waals surface area contributed by atoms with Crippen molar-refractivity contribution in [3.63, 3.8) is 0 Å². The molecule has 2 aromatic rings. The fourth-order valence-corrected chi connectivity index (χ4v) is 3.19. The van der Waals surface area contributed by atoms with Crippen LogP contribution >= 0.6 is 0 Å². The van der Waals surface area contributed by atoms with Crippen molar-refractivity contribution in [1.29, 1.82) is 0 Å². The summed E-state index contributed by atoms with van der Waals surface area (Å²) in [4.78, 5) is 26.4. The van der Waals surface area contributed by atoms with Crippen LogP contribution < -0.4 is 0 Å². The van der Waals surface area contributed by atoms with E-state index in [0.717, 1.165) is 16.8 Å². The van der Waals surface area contributed by atoms with Crippen LogP contribution in [0.25, 0.3) is 11.1 Å². The van der Waals surface area contributed by atoms with E-state index in [0.29, 0.717) is 31.7 Å². The van der Waals surface area contributed by atoms with Crippen LogP contribution in [0.2, 0.25) is 0 Å². The molecule has 0 bridgehead atoms. The third-order valence-electron chi connectivity index (χ3n) is 4.34. The van der Waals surface area contributed by atoms with Crippen LogP contribution in [-0.2, 0) is 9.47 Å². The highest BCUT2D eigenvalue weighted by molar-refractivity contribution is 5.97. The van der Waals surface area contributed by atoms with Gasteiger partial charge in [0.25, 0.3) is 0 Å². The Morgan fingerprint density at radius 1 is 1.22 bits per heavy atom. The highest BCUT2D eigenvalue weighted by atomic mass is 16.6. The number of nitrogens with zero attached hydrogens (tertiary/aromatic N) is 2. The molecule has 144 valence electrons. The molecule has 0 N–H and O–H groups in total. The Balaban J connectivity index is 1.90. The Bertz CT molecular complexity index is 889. The molecular weight excluding hydrogens is 344 g/mol. The number of carbonyl (C=O) groups is 2. The van der Waals surface area contributed by atoms with Crippen molar-refractivity contribution in [3.8, 4) is 0 Å². The summed E-state index contributed by atoms with van der Waals surface area (Å²) in [5, 5.41) is 0. The summed E-state index contributed by atoms with van der Waals surface area (Å²) in [5.74, 6) is -0.327. The second kappa shape index (κ2) is 7.47. The molecule has 6 heteroatoms. The van der Waals surface area contributed by atoms with E-state index in [4.69, 9.17) is 9.47 Å². The van der Waals surface area contributed by atoms with Gasteiger partial charge in [0.15, 0.2) is 0 Å². The molecule has 0 atom stereocenters. The lowest BCUT2D eigenvalue weighted by Crippen LogP contribution is -2.39. The average Bonchev–Trinajstić information content (AvgIpc) is 3.00. The zero-order valence-corrected chi connectivity index (χ0v) is 16.3. The van der Waals surface area contributed by atoms with Crippen molar-refractivity contribution < 1.29 is 19.1 Å². The number of amides is 1. The number of hydrogen-bond donors (Lipinski definition) is 0. The summed E-state index contributed by atoms with van der Waals surface area (Å²) in [6, 6.07) is 7.69.